The molecule has 4 atom stereocenters. The Balaban J connectivity index is 1.22. The molecule has 12 rings (SSSR count). The normalized spacial score (nSPS) is 29.8. The predicted octanol–water partition coefficient (Wildman–Crippen LogP) is 10.7. The van der Waals surface area contributed by atoms with Crippen molar-refractivity contribution in [2.45, 2.75) is 127 Å². The Bertz CT molecular complexity index is 2400. The van der Waals surface area contributed by atoms with Crippen LogP contribution in [0.3, 0.4) is 0 Å². The Hall–Kier alpha value is -4.44. The van der Waals surface area contributed by atoms with Crippen LogP contribution in [-0.2, 0) is 16.2 Å². The highest BCUT2D eigenvalue weighted by molar-refractivity contribution is 7.00. The summed E-state index contributed by atoms with van der Waals surface area (Å²) in [6.07, 6.45) is 10.1. The highest BCUT2D eigenvalue weighted by atomic mass is 15.3. The van der Waals surface area contributed by atoms with E-state index in [0.29, 0.717) is 0 Å². The number of hydrogen-bond acceptors (Lipinski definition) is 3. The van der Waals surface area contributed by atoms with E-state index in [0.717, 1.165) is 0 Å². The average Bonchev–Trinajstić information content (AvgIpc) is 3.52. The van der Waals surface area contributed by atoms with E-state index in [1.54, 1.807) is 11.1 Å². The molecular formula is C50H52BN3. The molecule has 4 heteroatoms. The van der Waals surface area contributed by atoms with Crippen molar-refractivity contribution in [1.82, 2.24) is 0 Å². The first-order valence-corrected chi connectivity index (χ1v) is 21.0. The van der Waals surface area contributed by atoms with Crippen molar-refractivity contribution in [3.63, 3.8) is 0 Å². The van der Waals surface area contributed by atoms with Crippen molar-refractivity contribution < 1.29 is 0 Å². The fraction of sp³-hybridized carbons (Fsp3) is 0.400. The predicted molar refractivity (Wildman–Crippen MR) is 228 cm³/mol. The highest BCUT2D eigenvalue weighted by Gasteiger charge is 2.64. The molecule has 2 fully saturated rings. The lowest BCUT2D eigenvalue weighted by atomic mass is 9.33. The van der Waals surface area contributed by atoms with Gasteiger partial charge in [0, 0.05) is 39.0 Å². The smallest absolute Gasteiger partial charge is 0.252 e. The second-order valence-electron chi connectivity index (χ2n) is 19.6. The monoisotopic (exact) mass is 705 g/mol. The van der Waals surface area contributed by atoms with E-state index in [-0.39, 0.29) is 34.0 Å². The number of benzene rings is 5. The maximum Gasteiger partial charge on any atom is 0.252 e. The number of nitrogens with zero attached hydrogens (tertiary/aromatic N) is 3. The molecule has 2 saturated carbocycles. The van der Waals surface area contributed by atoms with Crippen LogP contribution in [0, 0.1) is 6.92 Å². The summed E-state index contributed by atoms with van der Waals surface area (Å²) in [6.45, 7) is 17.8. The quantitative estimate of drug-likeness (QED) is 0.161. The Morgan fingerprint density at radius 2 is 1.02 bits per heavy atom. The summed E-state index contributed by atoms with van der Waals surface area (Å²) in [5.74, 6) is 0. The third kappa shape index (κ3) is 3.35. The molecule has 0 aromatic heterocycles. The van der Waals surface area contributed by atoms with E-state index in [2.05, 4.69) is 154 Å². The van der Waals surface area contributed by atoms with E-state index < -0.39 is 0 Å². The van der Waals surface area contributed by atoms with Gasteiger partial charge in [0.25, 0.3) is 6.71 Å². The molecule has 0 bridgehead atoms. The zero-order valence-corrected chi connectivity index (χ0v) is 33.2. The van der Waals surface area contributed by atoms with Crippen molar-refractivity contribution >= 4 is 62.9 Å². The number of rotatable bonds is 1. The first-order chi connectivity index (χ1) is 25.9. The van der Waals surface area contributed by atoms with Crippen molar-refractivity contribution in [1.29, 1.82) is 0 Å². The van der Waals surface area contributed by atoms with Gasteiger partial charge in [-0.05, 0) is 109 Å². The molecule has 5 heterocycles. The van der Waals surface area contributed by atoms with Crippen molar-refractivity contribution in [3.8, 4) is 0 Å². The van der Waals surface area contributed by atoms with Crippen molar-refractivity contribution in [3.05, 3.63) is 119 Å². The second-order valence-corrected chi connectivity index (χ2v) is 19.6. The SMILES string of the molecule is Cc1ccc2c(c1)C(C)(C)c1ccccc1N2c1cc2c3c(c1)N1c4c(cccc4C4(C)CCCCC14C)B3c1cccc3c1N2C1(C)CCCCC31C. The average molecular weight is 706 g/mol. The summed E-state index contributed by atoms with van der Waals surface area (Å²) in [5, 5.41) is 0. The lowest BCUT2D eigenvalue weighted by molar-refractivity contribution is 0.194. The third-order valence-corrected chi connectivity index (χ3v) is 17.0. The molecule has 2 aliphatic carbocycles. The molecule has 7 aliphatic rings. The Morgan fingerprint density at radius 3 is 1.61 bits per heavy atom. The van der Waals surface area contributed by atoms with Crippen LogP contribution in [0.2, 0.25) is 0 Å². The standard InChI is InChI=1S/C50H52BN3/c1-31-22-23-40-36(28-31)46(2,3)33-16-8-9-21-39(33)52(40)32-29-41-43-42(30-32)54-45-35(48(5)25-11-13-27-50(48,54)7)18-15-20-38(45)51(43)37-19-14-17-34-44(37)53(41)49(6)26-12-10-24-47(34,49)4/h8-9,14-23,28-30H,10-13,24-27H2,1-7H3. The van der Waals surface area contributed by atoms with Gasteiger partial charge in [-0.3, -0.25) is 0 Å². The van der Waals surface area contributed by atoms with E-state index in [4.69, 9.17) is 0 Å². The molecule has 0 spiro atoms. The van der Waals surface area contributed by atoms with Crippen LogP contribution in [0.5, 0.6) is 0 Å². The maximum atomic E-state index is 2.92. The fourth-order valence-corrected chi connectivity index (χ4v) is 13.8. The van der Waals surface area contributed by atoms with Gasteiger partial charge in [-0.2, -0.15) is 0 Å². The Morgan fingerprint density at radius 1 is 0.500 bits per heavy atom. The summed E-state index contributed by atoms with van der Waals surface area (Å²) in [4.78, 5) is 8.47. The number of aryl methyl sites for hydroxylation is 1. The lowest BCUT2D eigenvalue weighted by Crippen LogP contribution is -2.66. The lowest BCUT2D eigenvalue weighted by Gasteiger charge is -2.55. The number of fused-ring (bicyclic) bond motifs is 12. The first kappa shape index (κ1) is 31.9. The molecule has 4 unspecified atom stereocenters. The molecule has 0 N–H and O–H groups in total. The topological polar surface area (TPSA) is 9.72 Å². The van der Waals surface area contributed by atoms with Gasteiger partial charge in [-0.1, -0.05) is 126 Å². The zero-order chi connectivity index (χ0) is 36.7. The fourth-order valence-electron chi connectivity index (χ4n) is 13.8. The molecule has 5 aliphatic heterocycles. The van der Waals surface area contributed by atoms with Gasteiger partial charge >= 0.3 is 0 Å². The van der Waals surface area contributed by atoms with Crippen LogP contribution in [0.25, 0.3) is 0 Å². The number of hydrogen-bond donors (Lipinski definition) is 0. The van der Waals surface area contributed by atoms with Gasteiger partial charge in [0.05, 0.1) is 28.1 Å². The van der Waals surface area contributed by atoms with Gasteiger partial charge in [0.2, 0.25) is 0 Å². The van der Waals surface area contributed by atoms with Crippen LogP contribution in [0.4, 0.5) is 39.8 Å². The largest absolute Gasteiger partial charge is 0.335 e. The molecule has 0 radical (unpaired) electrons. The van der Waals surface area contributed by atoms with Crippen molar-refractivity contribution in [2.75, 3.05) is 14.7 Å². The van der Waals surface area contributed by atoms with E-state index in [1.807, 2.05) is 0 Å². The summed E-state index contributed by atoms with van der Waals surface area (Å²) < 4.78 is 0. The molecule has 270 valence electrons. The van der Waals surface area contributed by atoms with Crippen LogP contribution in [0.1, 0.15) is 121 Å². The van der Waals surface area contributed by atoms with Crippen LogP contribution in [-0.4, -0.2) is 17.8 Å². The number of anilines is 7. The maximum absolute atomic E-state index is 2.92. The minimum atomic E-state index is -0.109. The molecule has 5 aromatic rings. The van der Waals surface area contributed by atoms with E-state index >= 15 is 0 Å². The third-order valence-electron chi connectivity index (χ3n) is 17.0. The van der Waals surface area contributed by atoms with Crippen LogP contribution < -0.4 is 31.1 Å². The summed E-state index contributed by atoms with van der Waals surface area (Å²) in [5.41, 5.74) is 21.8. The molecule has 5 aromatic carbocycles. The summed E-state index contributed by atoms with van der Waals surface area (Å²) in [6, 6.07) is 36.5. The Kier molecular flexibility index (Phi) is 5.82. The molecule has 0 saturated heterocycles. The Labute approximate surface area is 322 Å². The van der Waals surface area contributed by atoms with Gasteiger partial charge < -0.3 is 14.7 Å². The van der Waals surface area contributed by atoms with Crippen molar-refractivity contribution in [2.24, 2.45) is 0 Å². The first-order valence-electron chi connectivity index (χ1n) is 21.0. The van der Waals surface area contributed by atoms with Gasteiger partial charge in [-0.15, -0.1) is 0 Å². The minimum absolute atomic E-state index is 0.00570. The molecule has 54 heavy (non-hydrogen) atoms. The molecule has 0 amide bonds. The van der Waals surface area contributed by atoms with Gasteiger partial charge in [0.15, 0.2) is 0 Å². The number of para-hydroxylation sites is 3. The van der Waals surface area contributed by atoms with Crippen LogP contribution in [0.15, 0.2) is 91.0 Å². The van der Waals surface area contributed by atoms with E-state index in [9.17, 15) is 0 Å². The zero-order valence-electron chi connectivity index (χ0n) is 33.2. The van der Waals surface area contributed by atoms with E-state index in [1.165, 1.54) is 124 Å². The molecule has 3 nitrogen and oxygen atoms in total. The minimum Gasteiger partial charge on any atom is -0.335 e. The summed E-state index contributed by atoms with van der Waals surface area (Å²) >= 11 is 0. The summed E-state index contributed by atoms with van der Waals surface area (Å²) in [7, 11) is 0. The van der Waals surface area contributed by atoms with Gasteiger partial charge in [-0.25, -0.2) is 0 Å². The second kappa shape index (κ2) is 9.86. The highest BCUT2D eigenvalue weighted by Crippen LogP contribution is 2.65. The van der Waals surface area contributed by atoms with Crippen LogP contribution >= 0.6 is 0 Å². The van der Waals surface area contributed by atoms with Gasteiger partial charge in [0.1, 0.15) is 0 Å². The molecular weight excluding hydrogens is 653 g/mol.